The van der Waals surface area contributed by atoms with Crippen LogP contribution in [0.1, 0.15) is 17.3 Å². The van der Waals surface area contributed by atoms with Gasteiger partial charge in [-0.05, 0) is 30.2 Å². The minimum atomic E-state index is -0.645. The van der Waals surface area contributed by atoms with Crippen LogP contribution in [-0.2, 0) is 6.42 Å². The Labute approximate surface area is 98.1 Å². The van der Waals surface area contributed by atoms with Gasteiger partial charge in [0.15, 0.2) is 0 Å². The summed E-state index contributed by atoms with van der Waals surface area (Å²) in [4.78, 5) is 3.88. The van der Waals surface area contributed by atoms with Gasteiger partial charge < -0.3 is 5.73 Å². The Morgan fingerprint density at radius 3 is 2.47 bits per heavy atom. The predicted octanol–water partition coefficient (Wildman–Crippen LogP) is 2.60. The van der Waals surface area contributed by atoms with E-state index in [1.54, 1.807) is 18.2 Å². The second kappa shape index (κ2) is 5.01. The minimum absolute atomic E-state index is 0.163. The van der Waals surface area contributed by atoms with Crippen molar-refractivity contribution in [2.45, 2.75) is 12.5 Å². The SMILES string of the molecule is NC(Cc1ccccc1F)c1ncccc1F. The molecule has 0 radical (unpaired) electrons. The van der Waals surface area contributed by atoms with E-state index in [9.17, 15) is 8.78 Å². The number of pyridine rings is 1. The van der Waals surface area contributed by atoms with Gasteiger partial charge in [0.2, 0.25) is 0 Å². The molecule has 0 aliphatic heterocycles. The molecule has 1 aromatic heterocycles. The maximum atomic E-state index is 13.4. The van der Waals surface area contributed by atoms with Crippen molar-refractivity contribution in [2.24, 2.45) is 5.73 Å². The lowest BCUT2D eigenvalue weighted by Gasteiger charge is -2.12. The standard InChI is InChI=1S/C13H12F2N2/c14-10-5-2-1-4-9(10)8-12(16)13-11(15)6-3-7-17-13/h1-7,12H,8,16H2. The third-order valence-corrected chi connectivity index (χ3v) is 2.54. The second-order valence-electron chi connectivity index (χ2n) is 3.77. The lowest BCUT2D eigenvalue weighted by molar-refractivity contribution is 0.550. The average molecular weight is 234 g/mol. The Morgan fingerprint density at radius 2 is 1.76 bits per heavy atom. The summed E-state index contributed by atoms with van der Waals surface area (Å²) in [6.07, 6.45) is 1.69. The summed E-state index contributed by atoms with van der Waals surface area (Å²) in [6, 6.07) is 8.46. The molecule has 1 heterocycles. The molecule has 2 nitrogen and oxygen atoms in total. The Kier molecular flexibility index (Phi) is 3.44. The van der Waals surface area contributed by atoms with Crippen LogP contribution >= 0.6 is 0 Å². The molecule has 1 unspecified atom stereocenters. The fourth-order valence-corrected chi connectivity index (χ4v) is 1.67. The van der Waals surface area contributed by atoms with Gasteiger partial charge in [-0.3, -0.25) is 4.98 Å². The van der Waals surface area contributed by atoms with Crippen molar-refractivity contribution in [1.29, 1.82) is 0 Å². The van der Waals surface area contributed by atoms with Crippen LogP contribution in [0, 0.1) is 11.6 Å². The van der Waals surface area contributed by atoms with E-state index in [-0.39, 0.29) is 17.9 Å². The lowest BCUT2D eigenvalue weighted by atomic mass is 10.0. The Hall–Kier alpha value is -1.81. The largest absolute Gasteiger partial charge is 0.322 e. The number of hydrogen-bond acceptors (Lipinski definition) is 2. The van der Waals surface area contributed by atoms with Crippen LogP contribution in [0.4, 0.5) is 8.78 Å². The maximum absolute atomic E-state index is 13.4. The molecular formula is C13H12F2N2. The normalized spacial score (nSPS) is 12.4. The van der Waals surface area contributed by atoms with Crippen molar-refractivity contribution < 1.29 is 8.78 Å². The maximum Gasteiger partial charge on any atom is 0.146 e. The highest BCUT2D eigenvalue weighted by Crippen LogP contribution is 2.18. The van der Waals surface area contributed by atoms with Gasteiger partial charge in [-0.2, -0.15) is 0 Å². The molecule has 0 bridgehead atoms. The van der Waals surface area contributed by atoms with E-state index >= 15 is 0 Å². The molecule has 0 saturated carbocycles. The zero-order valence-electron chi connectivity index (χ0n) is 9.11. The topological polar surface area (TPSA) is 38.9 Å². The van der Waals surface area contributed by atoms with Crippen molar-refractivity contribution >= 4 is 0 Å². The number of aromatic nitrogens is 1. The monoisotopic (exact) mass is 234 g/mol. The van der Waals surface area contributed by atoms with E-state index in [4.69, 9.17) is 5.73 Å². The average Bonchev–Trinajstić information content (AvgIpc) is 2.32. The molecule has 2 N–H and O–H groups in total. The van der Waals surface area contributed by atoms with E-state index in [2.05, 4.69) is 4.98 Å². The molecule has 0 fully saturated rings. The van der Waals surface area contributed by atoms with Crippen LogP contribution in [0.25, 0.3) is 0 Å². The first-order chi connectivity index (χ1) is 8.18. The molecule has 2 rings (SSSR count). The summed E-state index contributed by atoms with van der Waals surface area (Å²) in [6.45, 7) is 0. The van der Waals surface area contributed by atoms with Crippen molar-refractivity contribution in [1.82, 2.24) is 4.98 Å². The Bertz CT molecular complexity index is 514. The fraction of sp³-hybridized carbons (Fsp3) is 0.154. The molecular weight excluding hydrogens is 222 g/mol. The molecule has 0 aliphatic carbocycles. The highest BCUT2D eigenvalue weighted by Gasteiger charge is 2.14. The van der Waals surface area contributed by atoms with E-state index in [0.29, 0.717) is 5.56 Å². The number of halogens is 2. The van der Waals surface area contributed by atoms with Crippen LogP contribution in [-0.4, -0.2) is 4.98 Å². The van der Waals surface area contributed by atoms with Gasteiger partial charge in [-0.15, -0.1) is 0 Å². The molecule has 88 valence electrons. The summed E-state index contributed by atoms with van der Waals surface area (Å²) >= 11 is 0. The lowest BCUT2D eigenvalue weighted by Crippen LogP contribution is -2.17. The van der Waals surface area contributed by atoms with Crippen LogP contribution in [0.15, 0.2) is 42.6 Å². The summed E-state index contributed by atoms with van der Waals surface area (Å²) in [7, 11) is 0. The molecule has 0 amide bonds. The molecule has 0 saturated heterocycles. The van der Waals surface area contributed by atoms with Gasteiger partial charge in [-0.1, -0.05) is 18.2 Å². The first-order valence-corrected chi connectivity index (χ1v) is 5.28. The Balaban J connectivity index is 2.20. The van der Waals surface area contributed by atoms with Crippen LogP contribution in [0.2, 0.25) is 0 Å². The molecule has 1 atom stereocenters. The number of benzene rings is 1. The molecule has 2 aromatic rings. The molecule has 1 aromatic carbocycles. The fourth-order valence-electron chi connectivity index (χ4n) is 1.67. The summed E-state index contributed by atoms with van der Waals surface area (Å²) in [5, 5.41) is 0. The highest BCUT2D eigenvalue weighted by atomic mass is 19.1. The van der Waals surface area contributed by atoms with Gasteiger partial charge in [0.1, 0.15) is 11.6 Å². The van der Waals surface area contributed by atoms with Gasteiger partial charge >= 0.3 is 0 Å². The summed E-state index contributed by atoms with van der Waals surface area (Å²) in [5.41, 5.74) is 6.45. The second-order valence-corrected chi connectivity index (χ2v) is 3.77. The molecule has 0 spiro atoms. The van der Waals surface area contributed by atoms with E-state index in [1.807, 2.05) is 0 Å². The van der Waals surface area contributed by atoms with Crippen molar-refractivity contribution in [2.75, 3.05) is 0 Å². The number of nitrogens with two attached hydrogens (primary N) is 1. The number of nitrogens with zero attached hydrogens (tertiary/aromatic N) is 1. The van der Waals surface area contributed by atoms with Crippen molar-refractivity contribution in [3.8, 4) is 0 Å². The number of hydrogen-bond donors (Lipinski definition) is 1. The third kappa shape index (κ3) is 2.65. The van der Waals surface area contributed by atoms with Gasteiger partial charge in [0.05, 0.1) is 11.7 Å². The van der Waals surface area contributed by atoms with Gasteiger partial charge in [-0.25, -0.2) is 8.78 Å². The van der Waals surface area contributed by atoms with Gasteiger partial charge in [0.25, 0.3) is 0 Å². The zero-order chi connectivity index (χ0) is 12.3. The summed E-state index contributed by atoms with van der Waals surface area (Å²) < 4.78 is 26.8. The molecule has 4 heteroatoms. The highest BCUT2D eigenvalue weighted by molar-refractivity contribution is 5.21. The Morgan fingerprint density at radius 1 is 1.06 bits per heavy atom. The smallest absolute Gasteiger partial charge is 0.146 e. The predicted molar refractivity (Wildman–Crippen MR) is 61.2 cm³/mol. The van der Waals surface area contributed by atoms with Gasteiger partial charge in [0, 0.05) is 6.20 Å². The van der Waals surface area contributed by atoms with Crippen LogP contribution < -0.4 is 5.73 Å². The quantitative estimate of drug-likeness (QED) is 0.886. The minimum Gasteiger partial charge on any atom is -0.322 e. The molecule has 17 heavy (non-hydrogen) atoms. The van der Waals surface area contributed by atoms with E-state index in [1.165, 1.54) is 24.4 Å². The van der Waals surface area contributed by atoms with Crippen molar-refractivity contribution in [3.63, 3.8) is 0 Å². The summed E-state index contributed by atoms with van der Waals surface area (Å²) in [5.74, 6) is -0.796. The first-order valence-electron chi connectivity index (χ1n) is 5.28. The van der Waals surface area contributed by atoms with Crippen LogP contribution in [0.3, 0.4) is 0 Å². The van der Waals surface area contributed by atoms with Crippen LogP contribution in [0.5, 0.6) is 0 Å². The molecule has 0 aliphatic rings. The first kappa shape index (κ1) is 11.7. The van der Waals surface area contributed by atoms with Crippen molar-refractivity contribution in [3.05, 3.63) is 65.5 Å². The zero-order valence-corrected chi connectivity index (χ0v) is 9.11. The number of rotatable bonds is 3. The third-order valence-electron chi connectivity index (χ3n) is 2.54. The van der Waals surface area contributed by atoms with E-state index < -0.39 is 11.9 Å². The van der Waals surface area contributed by atoms with E-state index in [0.717, 1.165) is 0 Å².